The monoisotopic (exact) mass is 555 g/mol. The van der Waals surface area contributed by atoms with E-state index in [1.54, 1.807) is 30.4 Å². The van der Waals surface area contributed by atoms with E-state index in [1.165, 1.54) is 15.8 Å². The van der Waals surface area contributed by atoms with Crippen LogP contribution < -0.4 is 0 Å². The second-order valence-electron chi connectivity index (χ2n) is 9.13. The van der Waals surface area contributed by atoms with Gasteiger partial charge in [-0.3, -0.25) is 19.7 Å². The zero-order chi connectivity index (χ0) is 27.2. The molecule has 1 aliphatic rings. The Morgan fingerprint density at radius 3 is 2.68 bits per heavy atom. The number of halogens is 1. The summed E-state index contributed by atoms with van der Waals surface area (Å²) in [6, 6.07) is 13.7. The lowest BCUT2D eigenvalue weighted by Crippen LogP contribution is -2.47. The van der Waals surface area contributed by atoms with Crippen LogP contribution in [0, 0.1) is 17.0 Å². The number of nitro benzene ring substituents is 1. The van der Waals surface area contributed by atoms with Crippen LogP contribution in [0.5, 0.6) is 0 Å². The standard InChI is InChI=1S/C28H30ClN3O5S/c1-3-37-15-4-13-30(28(34)21-6-5-19(2)24(17-21)32(35)36)18-26(33)31-14-11-25-23(12-16-38-25)27(31)20-7-9-22(29)10-8-20/h5-10,12,16-17,27H,3-4,11,13-15,18H2,1-2H3. The summed E-state index contributed by atoms with van der Waals surface area (Å²) >= 11 is 7.81. The largest absolute Gasteiger partial charge is 0.382 e. The molecule has 0 radical (unpaired) electrons. The summed E-state index contributed by atoms with van der Waals surface area (Å²) in [6.45, 7) is 5.18. The van der Waals surface area contributed by atoms with Crippen molar-refractivity contribution in [1.82, 2.24) is 9.80 Å². The number of benzene rings is 2. The number of aryl methyl sites for hydroxylation is 1. The number of ether oxygens (including phenoxy) is 1. The molecule has 10 heteroatoms. The minimum absolute atomic E-state index is 0.125. The molecule has 38 heavy (non-hydrogen) atoms. The van der Waals surface area contributed by atoms with Gasteiger partial charge in [0.2, 0.25) is 5.91 Å². The van der Waals surface area contributed by atoms with E-state index >= 15 is 0 Å². The minimum Gasteiger partial charge on any atom is -0.382 e. The van der Waals surface area contributed by atoms with Gasteiger partial charge >= 0.3 is 0 Å². The summed E-state index contributed by atoms with van der Waals surface area (Å²) in [5.74, 6) is -0.609. The molecule has 0 saturated heterocycles. The number of thiophene rings is 1. The van der Waals surface area contributed by atoms with Crippen molar-refractivity contribution >= 4 is 40.4 Å². The number of rotatable bonds is 10. The third-order valence-corrected chi connectivity index (χ3v) is 7.91. The number of hydrogen-bond acceptors (Lipinski definition) is 6. The van der Waals surface area contributed by atoms with Crippen molar-refractivity contribution in [1.29, 1.82) is 0 Å². The van der Waals surface area contributed by atoms with Gasteiger partial charge in [-0.15, -0.1) is 11.3 Å². The SMILES string of the molecule is CCOCCCN(CC(=O)N1CCc2sccc2C1c1ccc(Cl)cc1)C(=O)c1ccc(C)c([N+](=O)[O-])c1. The molecule has 1 aliphatic heterocycles. The molecule has 0 N–H and O–H groups in total. The molecule has 0 aliphatic carbocycles. The fraction of sp³-hybridized carbons (Fsp3) is 0.357. The van der Waals surface area contributed by atoms with Gasteiger partial charge in [-0.05, 0) is 67.5 Å². The van der Waals surface area contributed by atoms with Crippen LogP contribution in [0.4, 0.5) is 5.69 Å². The molecule has 4 rings (SSSR count). The van der Waals surface area contributed by atoms with Crippen LogP contribution in [0.3, 0.4) is 0 Å². The van der Waals surface area contributed by atoms with Crippen LogP contribution in [-0.2, 0) is 16.0 Å². The van der Waals surface area contributed by atoms with Crippen molar-refractivity contribution in [2.24, 2.45) is 0 Å². The van der Waals surface area contributed by atoms with Crippen LogP contribution in [0.25, 0.3) is 0 Å². The number of nitro groups is 1. The normalized spacial score (nSPS) is 14.7. The lowest BCUT2D eigenvalue weighted by Gasteiger charge is -2.37. The first-order valence-corrected chi connectivity index (χ1v) is 13.8. The van der Waals surface area contributed by atoms with E-state index in [-0.39, 0.29) is 36.3 Å². The molecule has 0 spiro atoms. The molecule has 8 nitrogen and oxygen atoms in total. The van der Waals surface area contributed by atoms with E-state index in [0.29, 0.717) is 36.8 Å². The maximum atomic E-state index is 13.8. The second-order valence-corrected chi connectivity index (χ2v) is 10.6. The predicted octanol–water partition coefficient (Wildman–Crippen LogP) is 5.66. The van der Waals surface area contributed by atoms with Gasteiger partial charge < -0.3 is 14.5 Å². The highest BCUT2D eigenvalue weighted by Crippen LogP contribution is 2.38. The Kier molecular flexibility index (Phi) is 9.14. The molecule has 1 atom stereocenters. The number of hydrogen-bond donors (Lipinski definition) is 0. The Hall–Kier alpha value is -3.27. The molecule has 2 amide bonds. The summed E-state index contributed by atoms with van der Waals surface area (Å²) < 4.78 is 5.44. The van der Waals surface area contributed by atoms with Crippen molar-refractivity contribution in [3.8, 4) is 0 Å². The Morgan fingerprint density at radius 2 is 1.97 bits per heavy atom. The maximum Gasteiger partial charge on any atom is 0.273 e. The first-order valence-electron chi connectivity index (χ1n) is 12.5. The van der Waals surface area contributed by atoms with Crippen molar-refractivity contribution in [3.05, 3.63) is 96.2 Å². The van der Waals surface area contributed by atoms with E-state index in [4.69, 9.17) is 16.3 Å². The molecular formula is C28H30ClN3O5S. The zero-order valence-corrected chi connectivity index (χ0v) is 23.0. The van der Waals surface area contributed by atoms with Gasteiger partial charge in [0, 0.05) is 53.4 Å². The predicted molar refractivity (Wildman–Crippen MR) is 148 cm³/mol. The average Bonchev–Trinajstić information content (AvgIpc) is 3.39. The van der Waals surface area contributed by atoms with E-state index in [0.717, 1.165) is 17.5 Å². The molecule has 0 bridgehead atoms. The summed E-state index contributed by atoms with van der Waals surface area (Å²) in [5, 5.41) is 14.1. The summed E-state index contributed by atoms with van der Waals surface area (Å²) in [4.78, 5) is 42.8. The highest BCUT2D eigenvalue weighted by molar-refractivity contribution is 7.10. The number of nitrogens with zero attached hydrogens (tertiary/aromatic N) is 3. The first-order chi connectivity index (χ1) is 18.3. The van der Waals surface area contributed by atoms with Crippen LogP contribution in [0.15, 0.2) is 53.9 Å². The van der Waals surface area contributed by atoms with Gasteiger partial charge in [0.15, 0.2) is 0 Å². The fourth-order valence-corrected chi connectivity index (χ4v) is 5.75. The van der Waals surface area contributed by atoms with Gasteiger partial charge in [0.25, 0.3) is 11.6 Å². The molecule has 3 aromatic rings. The Bertz CT molecular complexity index is 1310. The number of fused-ring (bicyclic) bond motifs is 1. The number of carbonyl (C=O) groups is 2. The van der Waals surface area contributed by atoms with E-state index < -0.39 is 10.8 Å². The van der Waals surface area contributed by atoms with Gasteiger partial charge in [-0.1, -0.05) is 29.8 Å². The summed E-state index contributed by atoms with van der Waals surface area (Å²) in [6.07, 6.45) is 1.28. The molecule has 1 aromatic heterocycles. The third kappa shape index (κ3) is 6.23. The zero-order valence-electron chi connectivity index (χ0n) is 21.4. The topological polar surface area (TPSA) is 93.0 Å². The third-order valence-electron chi connectivity index (χ3n) is 6.66. The van der Waals surface area contributed by atoms with E-state index in [1.807, 2.05) is 41.5 Å². The van der Waals surface area contributed by atoms with Crippen LogP contribution >= 0.6 is 22.9 Å². The molecule has 1 unspecified atom stereocenters. The van der Waals surface area contributed by atoms with Crippen molar-refractivity contribution in [3.63, 3.8) is 0 Å². The Morgan fingerprint density at radius 1 is 1.21 bits per heavy atom. The number of amides is 2. The van der Waals surface area contributed by atoms with Crippen LogP contribution in [-0.4, -0.2) is 59.4 Å². The molecule has 2 heterocycles. The summed E-state index contributed by atoms with van der Waals surface area (Å²) in [7, 11) is 0. The van der Waals surface area contributed by atoms with Crippen LogP contribution in [0.2, 0.25) is 5.02 Å². The fourth-order valence-electron chi connectivity index (χ4n) is 4.72. The van der Waals surface area contributed by atoms with Gasteiger partial charge in [-0.2, -0.15) is 0 Å². The molecular weight excluding hydrogens is 526 g/mol. The maximum absolute atomic E-state index is 13.8. The molecule has 0 saturated carbocycles. The molecule has 200 valence electrons. The molecule has 0 fully saturated rings. The number of carbonyl (C=O) groups excluding carboxylic acids is 2. The Balaban J connectivity index is 1.61. The lowest BCUT2D eigenvalue weighted by atomic mass is 9.93. The van der Waals surface area contributed by atoms with Crippen molar-refractivity contribution in [2.75, 3.05) is 32.8 Å². The van der Waals surface area contributed by atoms with Crippen LogP contribution in [0.1, 0.15) is 51.3 Å². The second kappa shape index (κ2) is 12.5. The smallest absolute Gasteiger partial charge is 0.273 e. The molecule has 2 aromatic carbocycles. The quantitative estimate of drug-likeness (QED) is 0.183. The highest BCUT2D eigenvalue weighted by atomic mass is 35.5. The lowest BCUT2D eigenvalue weighted by molar-refractivity contribution is -0.385. The summed E-state index contributed by atoms with van der Waals surface area (Å²) in [5.41, 5.74) is 2.56. The van der Waals surface area contributed by atoms with E-state index in [9.17, 15) is 19.7 Å². The highest BCUT2D eigenvalue weighted by Gasteiger charge is 2.34. The first kappa shape index (κ1) is 27.8. The van der Waals surface area contributed by atoms with Gasteiger partial charge in [-0.25, -0.2) is 0 Å². The average molecular weight is 556 g/mol. The van der Waals surface area contributed by atoms with Gasteiger partial charge in [0.05, 0.1) is 11.0 Å². The van der Waals surface area contributed by atoms with Crippen molar-refractivity contribution < 1.29 is 19.2 Å². The van der Waals surface area contributed by atoms with E-state index in [2.05, 4.69) is 6.07 Å². The Labute approximate surface area is 230 Å². The minimum atomic E-state index is -0.500. The van der Waals surface area contributed by atoms with Gasteiger partial charge in [0.1, 0.15) is 6.54 Å². The van der Waals surface area contributed by atoms with Crippen molar-refractivity contribution in [2.45, 2.75) is 32.7 Å².